The SMILES string of the molecule is CC(c1ncc2c(n1)CCNC2)S(C)(=O)=O. The van der Waals surface area contributed by atoms with E-state index < -0.39 is 15.1 Å². The molecular formula is C10H15N3O2S. The summed E-state index contributed by atoms with van der Waals surface area (Å²) in [6, 6.07) is 0. The summed E-state index contributed by atoms with van der Waals surface area (Å²) in [5.74, 6) is 0.406. The summed E-state index contributed by atoms with van der Waals surface area (Å²) in [7, 11) is -3.12. The van der Waals surface area contributed by atoms with Gasteiger partial charge in [0.05, 0.1) is 0 Å². The van der Waals surface area contributed by atoms with Crippen LogP contribution >= 0.6 is 0 Å². The Kier molecular flexibility index (Phi) is 2.94. The van der Waals surface area contributed by atoms with Crippen LogP contribution in [0.3, 0.4) is 0 Å². The Hall–Kier alpha value is -1.01. The Labute approximate surface area is 95.2 Å². The van der Waals surface area contributed by atoms with E-state index in [4.69, 9.17) is 0 Å². The summed E-state index contributed by atoms with van der Waals surface area (Å²) in [6.07, 6.45) is 3.77. The van der Waals surface area contributed by atoms with Crippen molar-refractivity contribution in [3.8, 4) is 0 Å². The van der Waals surface area contributed by atoms with Crippen LogP contribution in [0.1, 0.15) is 29.3 Å². The van der Waals surface area contributed by atoms with Crippen LogP contribution in [-0.4, -0.2) is 31.2 Å². The van der Waals surface area contributed by atoms with Gasteiger partial charge in [0.15, 0.2) is 9.84 Å². The van der Waals surface area contributed by atoms with E-state index in [1.807, 2.05) is 0 Å². The summed E-state index contributed by atoms with van der Waals surface area (Å²) in [4.78, 5) is 8.48. The van der Waals surface area contributed by atoms with E-state index in [1.165, 1.54) is 6.26 Å². The molecule has 16 heavy (non-hydrogen) atoms. The molecular weight excluding hydrogens is 226 g/mol. The Bertz CT molecular complexity index is 499. The number of aromatic nitrogens is 2. The molecule has 1 aliphatic rings. The van der Waals surface area contributed by atoms with Crippen molar-refractivity contribution in [2.24, 2.45) is 0 Å². The molecule has 6 heteroatoms. The van der Waals surface area contributed by atoms with E-state index >= 15 is 0 Å². The second kappa shape index (κ2) is 4.10. The molecule has 0 amide bonds. The third kappa shape index (κ3) is 2.22. The zero-order valence-electron chi connectivity index (χ0n) is 9.40. The molecule has 2 rings (SSSR count). The van der Waals surface area contributed by atoms with Gasteiger partial charge >= 0.3 is 0 Å². The monoisotopic (exact) mass is 241 g/mol. The third-order valence-corrected chi connectivity index (χ3v) is 4.33. The average Bonchev–Trinajstić information content (AvgIpc) is 2.26. The van der Waals surface area contributed by atoms with Crippen molar-refractivity contribution < 1.29 is 8.42 Å². The van der Waals surface area contributed by atoms with Crippen LogP contribution < -0.4 is 5.32 Å². The Morgan fingerprint density at radius 2 is 2.25 bits per heavy atom. The largest absolute Gasteiger partial charge is 0.312 e. The van der Waals surface area contributed by atoms with Gasteiger partial charge in [-0.05, 0) is 6.92 Å². The fourth-order valence-corrected chi connectivity index (χ4v) is 2.14. The first kappa shape index (κ1) is 11.5. The van der Waals surface area contributed by atoms with E-state index in [0.29, 0.717) is 5.82 Å². The van der Waals surface area contributed by atoms with Gasteiger partial charge in [-0.25, -0.2) is 18.4 Å². The lowest BCUT2D eigenvalue weighted by molar-refractivity contribution is 0.585. The Morgan fingerprint density at radius 3 is 2.94 bits per heavy atom. The van der Waals surface area contributed by atoms with E-state index in [1.54, 1.807) is 13.1 Å². The number of rotatable bonds is 2. The number of nitrogens with zero attached hydrogens (tertiary/aromatic N) is 2. The van der Waals surface area contributed by atoms with Crippen molar-refractivity contribution in [3.63, 3.8) is 0 Å². The lowest BCUT2D eigenvalue weighted by Gasteiger charge is -2.17. The predicted molar refractivity (Wildman–Crippen MR) is 60.7 cm³/mol. The first-order valence-electron chi connectivity index (χ1n) is 5.23. The Morgan fingerprint density at radius 1 is 1.50 bits per heavy atom. The van der Waals surface area contributed by atoms with Gasteiger partial charge in [0.1, 0.15) is 11.1 Å². The lowest BCUT2D eigenvalue weighted by atomic mass is 10.1. The molecule has 1 unspecified atom stereocenters. The maximum Gasteiger partial charge on any atom is 0.157 e. The summed E-state index contributed by atoms with van der Waals surface area (Å²) < 4.78 is 22.8. The first-order valence-corrected chi connectivity index (χ1v) is 7.18. The van der Waals surface area contributed by atoms with E-state index in [2.05, 4.69) is 15.3 Å². The van der Waals surface area contributed by atoms with Gasteiger partial charge in [-0.3, -0.25) is 0 Å². The molecule has 0 aliphatic carbocycles. The zero-order chi connectivity index (χ0) is 11.8. The van der Waals surface area contributed by atoms with Gasteiger partial charge in [0, 0.05) is 43.2 Å². The van der Waals surface area contributed by atoms with E-state index in [-0.39, 0.29) is 0 Å². The zero-order valence-corrected chi connectivity index (χ0v) is 10.2. The van der Waals surface area contributed by atoms with Crippen LogP contribution in [0.25, 0.3) is 0 Å². The maximum absolute atomic E-state index is 11.4. The lowest BCUT2D eigenvalue weighted by Crippen LogP contribution is -2.26. The van der Waals surface area contributed by atoms with Crippen LogP contribution in [-0.2, 0) is 22.8 Å². The van der Waals surface area contributed by atoms with Crippen molar-refractivity contribution in [3.05, 3.63) is 23.3 Å². The molecule has 0 saturated heterocycles. The number of nitrogens with one attached hydrogen (secondary N) is 1. The Balaban J connectivity index is 2.37. The molecule has 1 aliphatic heterocycles. The summed E-state index contributed by atoms with van der Waals surface area (Å²) >= 11 is 0. The van der Waals surface area contributed by atoms with Crippen molar-refractivity contribution in [1.29, 1.82) is 0 Å². The molecule has 0 spiro atoms. The quantitative estimate of drug-likeness (QED) is 0.802. The molecule has 0 saturated carbocycles. The van der Waals surface area contributed by atoms with Crippen molar-refractivity contribution in [1.82, 2.24) is 15.3 Å². The molecule has 0 radical (unpaired) electrons. The maximum atomic E-state index is 11.4. The van der Waals surface area contributed by atoms with Crippen molar-refractivity contribution in [2.45, 2.75) is 25.1 Å². The van der Waals surface area contributed by atoms with Crippen LogP contribution in [0.5, 0.6) is 0 Å². The number of hydrogen-bond acceptors (Lipinski definition) is 5. The smallest absolute Gasteiger partial charge is 0.157 e. The topological polar surface area (TPSA) is 72.0 Å². The minimum Gasteiger partial charge on any atom is -0.312 e. The van der Waals surface area contributed by atoms with Gasteiger partial charge < -0.3 is 5.32 Å². The van der Waals surface area contributed by atoms with Crippen molar-refractivity contribution >= 4 is 9.84 Å². The second-order valence-electron chi connectivity index (χ2n) is 4.10. The van der Waals surface area contributed by atoms with Gasteiger partial charge in [0.2, 0.25) is 0 Å². The van der Waals surface area contributed by atoms with Crippen molar-refractivity contribution in [2.75, 3.05) is 12.8 Å². The van der Waals surface area contributed by atoms with Gasteiger partial charge in [-0.1, -0.05) is 0 Å². The summed E-state index contributed by atoms with van der Waals surface area (Å²) in [5, 5.41) is 2.59. The first-order chi connectivity index (χ1) is 7.48. The molecule has 2 heterocycles. The molecule has 0 aromatic carbocycles. The van der Waals surface area contributed by atoms with E-state index in [9.17, 15) is 8.42 Å². The van der Waals surface area contributed by atoms with Gasteiger partial charge in [-0.15, -0.1) is 0 Å². The van der Waals surface area contributed by atoms with Crippen LogP contribution in [0.2, 0.25) is 0 Å². The van der Waals surface area contributed by atoms with Gasteiger partial charge in [-0.2, -0.15) is 0 Å². The van der Waals surface area contributed by atoms with Gasteiger partial charge in [0.25, 0.3) is 0 Å². The molecule has 0 bridgehead atoms. The van der Waals surface area contributed by atoms with Crippen LogP contribution in [0.15, 0.2) is 6.20 Å². The highest BCUT2D eigenvalue weighted by molar-refractivity contribution is 7.90. The van der Waals surface area contributed by atoms with E-state index in [0.717, 1.165) is 30.8 Å². The second-order valence-corrected chi connectivity index (χ2v) is 6.46. The number of sulfone groups is 1. The molecule has 1 aromatic heterocycles. The minimum atomic E-state index is -3.12. The highest BCUT2D eigenvalue weighted by Crippen LogP contribution is 2.19. The predicted octanol–water partition coefficient (Wildman–Crippen LogP) is 0.228. The number of hydrogen-bond donors (Lipinski definition) is 1. The molecule has 1 N–H and O–H groups in total. The molecule has 0 fully saturated rings. The summed E-state index contributed by atoms with van der Waals surface area (Å²) in [6.45, 7) is 3.28. The molecule has 1 atom stereocenters. The normalized spacial score (nSPS) is 17.9. The molecule has 5 nitrogen and oxygen atoms in total. The third-order valence-electron chi connectivity index (χ3n) is 2.83. The fraction of sp³-hybridized carbons (Fsp3) is 0.600. The minimum absolute atomic E-state index is 0.406. The summed E-state index contributed by atoms with van der Waals surface area (Å²) in [5.41, 5.74) is 2.04. The van der Waals surface area contributed by atoms with Crippen LogP contribution in [0, 0.1) is 0 Å². The number of fused-ring (bicyclic) bond motifs is 1. The highest BCUT2D eigenvalue weighted by atomic mass is 32.2. The fourth-order valence-electron chi connectivity index (χ4n) is 1.64. The standard InChI is InChI=1S/C10H15N3O2S/c1-7(16(2,14)15)10-12-6-8-5-11-4-3-9(8)13-10/h6-7,11H,3-5H2,1-2H3. The molecule has 88 valence electrons. The highest BCUT2D eigenvalue weighted by Gasteiger charge is 2.22. The van der Waals surface area contributed by atoms with Crippen LogP contribution in [0.4, 0.5) is 0 Å². The molecule has 1 aromatic rings. The average molecular weight is 241 g/mol.